The van der Waals surface area contributed by atoms with Crippen LogP contribution in [0.15, 0.2) is 96.0 Å². The topological polar surface area (TPSA) is 43.5 Å². The Balaban J connectivity index is 1.62. The van der Waals surface area contributed by atoms with Gasteiger partial charge in [-0.1, -0.05) is 91.0 Å². The summed E-state index contributed by atoms with van der Waals surface area (Å²) in [6, 6.07) is 31.0. The number of hydrogen-bond donors (Lipinski definition) is 1. The van der Waals surface area contributed by atoms with Crippen LogP contribution >= 0.6 is 0 Å². The van der Waals surface area contributed by atoms with E-state index in [1.807, 2.05) is 42.5 Å². The van der Waals surface area contributed by atoms with E-state index >= 15 is 0 Å². The van der Waals surface area contributed by atoms with E-state index in [9.17, 15) is 0 Å². The number of rotatable bonds is 7. The molecule has 2 atom stereocenters. The average molecular weight is 356 g/mol. The third-order valence-electron chi connectivity index (χ3n) is 4.87. The first-order valence-electron chi connectivity index (χ1n) is 9.38. The Morgan fingerprint density at radius 2 is 1.48 bits per heavy atom. The maximum absolute atomic E-state index is 6.20. The quantitative estimate of drug-likeness (QED) is 0.499. The van der Waals surface area contributed by atoms with Crippen LogP contribution in [-0.2, 0) is 17.0 Å². The van der Waals surface area contributed by atoms with Gasteiger partial charge in [-0.2, -0.15) is 0 Å². The summed E-state index contributed by atoms with van der Waals surface area (Å²) in [5.74, 6) is 0. The third kappa shape index (κ3) is 4.16. The second-order valence-electron chi connectivity index (χ2n) is 6.88. The Bertz CT molecular complexity index is 887. The molecule has 3 heteroatoms. The summed E-state index contributed by atoms with van der Waals surface area (Å²) in [6.07, 6.45) is -0.115. The van der Waals surface area contributed by atoms with Gasteiger partial charge in [-0.25, -0.2) is 0 Å². The van der Waals surface area contributed by atoms with Crippen LogP contribution in [0, 0.1) is 0 Å². The summed E-state index contributed by atoms with van der Waals surface area (Å²) in [4.78, 5) is 5.15. The summed E-state index contributed by atoms with van der Waals surface area (Å²) in [5, 5.41) is 3.45. The molecule has 0 spiro atoms. The molecule has 0 amide bonds. The van der Waals surface area contributed by atoms with E-state index < -0.39 is 0 Å². The van der Waals surface area contributed by atoms with Crippen LogP contribution in [0.25, 0.3) is 0 Å². The molecule has 136 valence electrons. The van der Waals surface area contributed by atoms with Crippen molar-refractivity contribution in [2.24, 2.45) is 4.99 Å². The van der Waals surface area contributed by atoms with Crippen LogP contribution in [0.1, 0.15) is 23.6 Å². The summed E-state index contributed by atoms with van der Waals surface area (Å²) < 4.78 is 6.20. The predicted molar refractivity (Wildman–Crippen MR) is 110 cm³/mol. The van der Waals surface area contributed by atoms with Gasteiger partial charge in [0, 0.05) is 6.54 Å². The molecule has 3 aromatic rings. The van der Waals surface area contributed by atoms with E-state index in [2.05, 4.69) is 60.8 Å². The molecule has 0 bridgehead atoms. The van der Waals surface area contributed by atoms with Crippen molar-refractivity contribution < 1.29 is 4.74 Å². The molecular weight excluding hydrogens is 332 g/mol. The molecule has 0 aliphatic carbocycles. The largest absolute Gasteiger partial charge is 0.368 e. The zero-order valence-electron chi connectivity index (χ0n) is 15.5. The van der Waals surface area contributed by atoms with Gasteiger partial charge in [-0.05, 0) is 23.6 Å². The minimum atomic E-state index is -0.337. The molecule has 0 saturated carbocycles. The highest BCUT2D eigenvalue weighted by Crippen LogP contribution is 2.33. The van der Waals surface area contributed by atoms with Crippen LogP contribution < -0.4 is 5.32 Å². The first-order valence-corrected chi connectivity index (χ1v) is 9.38. The standard InChI is InChI=1S/C24H24N2O/c1-19(27-17-20-11-5-2-6-12-20)23(21-13-7-3-8-14-21)26-24(18-25-24)22-15-9-4-10-16-22/h2-16,19,25H,17-18H2,1H3/b26-23-. The van der Waals surface area contributed by atoms with Gasteiger partial charge in [0.25, 0.3) is 0 Å². The van der Waals surface area contributed by atoms with Crippen molar-refractivity contribution >= 4 is 5.71 Å². The summed E-state index contributed by atoms with van der Waals surface area (Å²) in [6.45, 7) is 3.49. The smallest absolute Gasteiger partial charge is 0.149 e. The summed E-state index contributed by atoms with van der Waals surface area (Å²) in [5.41, 5.74) is 4.09. The van der Waals surface area contributed by atoms with Crippen molar-refractivity contribution in [1.82, 2.24) is 5.32 Å². The minimum Gasteiger partial charge on any atom is -0.368 e. The highest BCUT2D eigenvalue weighted by atomic mass is 16.5. The van der Waals surface area contributed by atoms with Crippen molar-refractivity contribution in [2.45, 2.75) is 25.3 Å². The molecule has 27 heavy (non-hydrogen) atoms. The third-order valence-corrected chi connectivity index (χ3v) is 4.87. The van der Waals surface area contributed by atoms with Gasteiger partial charge in [-0.15, -0.1) is 0 Å². The molecule has 0 radical (unpaired) electrons. The second-order valence-corrected chi connectivity index (χ2v) is 6.88. The van der Waals surface area contributed by atoms with Crippen molar-refractivity contribution in [1.29, 1.82) is 0 Å². The Labute approximate surface area is 160 Å². The first kappa shape index (κ1) is 17.7. The SMILES string of the molecule is CC(OCc1ccccc1)/C(=N/C1(c2ccccc2)CN1)c1ccccc1. The Morgan fingerprint density at radius 1 is 0.926 bits per heavy atom. The van der Waals surface area contributed by atoms with E-state index in [0.717, 1.165) is 17.8 Å². The van der Waals surface area contributed by atoms with Crippen LogP contribution in [0.2, 0.25) is 0 Å². The number of nitrogens with zero attached hydrogens (tertiary/aromatic N) is 1. The van der Waals surface area contributed by atoms with Gasteiger partial charge in [-0.3, -0.25) is 10.3 Å². The van der Waals surface area contributed by atoms with Crippen LogP contribution in [0.4, 0.5) is 0 Å². The average Bonchev–Trinajstić information content (AvgIpc) is 3.53. The maximum atomic E-state index is 6.20. The Hall–Kier alpha value is -2.75. The molecule has 0 aromatic heterocycles. The fourth-order valence-electron chi connectivity index (χ4n) is 3.22. The van der Waals surface area contributed by atoms with Crippen LogP contribution in [0.3, 0.4) is 0 Å². The molecule has 3 nitrogen and oxygen atoms in total. The van der Waals surface area contributed by atoms with Crippen molar-refractivity contribution in [3.05, 3.63) is 108 Å². The molecule has 2 unspecified atom stereocenters. The summed E-state index contributed by atoms with van der Waals surface area (Å²) in [7, 11) is 0. The first-order chi connectivity index (χ1) is 13.3. The second kappa shape index (κ2) is 7.87. The van der Waals surface area contributed by atoms with Gasteiger partial charge >= 0.3 is 0 Å². The number of benzene rings is 3. The van der Waals surface area contributed by atoms with E-state index in [-0.39, 0.29) is 11.8 Å². The lowest BCUT2D eigenvalue weighted by molar-refractivity contribution is 0.0960. The molecule has 1 fully saturated rings. The molecule has 1 heterocycles. The molecule has 1 saturated heterocycles. The maximum Gasteiger partial charge on any atom is 0.149 e. The van der Waals surface area contributed by atoms with Crippen molar-refractivity contribution in [3.8, 4) is 0 Å². The Kier molecular flexibility index (Phi) is 5.14. The predicted octanol–water partition coefficient (Wildman–Crippen LogP) is 4.54. The molecule has 1 N–H and O–H groups in total. The molecular formula is C24H24N2O. The fraction of sp³-hybridized carbons (Fsp3) is 0.208. The number of ether oxygens (including phenoxy) is 1. The Morgan fingerprint density at radius 3 is 2.07 bits per heavy atom. The number of hydrogen-bond acceptors (Lipinski definition) is 3. The monoisotopic (exact) mass is 356 g/mol. The lowest BCUT2D eigenvalue weighted by atomic mass is 10.0. The number of nitrogens with one attached hydrogen (secondary N) is 1. The van der Waals surface area contributed by atoms with E-state index in [0.29, 0.717) is 6.61 Å². The molecule has 4 rings (SSSR count). The zero-order chi connectivity index (χ0) is 18.5. The summed E-state index contributed by atoms with van der Waals surface area (Å²) >= 11 is 0. The molecule has 1 aliphatic heterocycles. The van der Waals surface area contributed by atoms with Crippen molar-refractivity contribution in [3.63, 3.8) is 0 Å². The van der Waals surface area contributed by atoms with E-state index in [4.69, 9.17) is 9.73 Å². The lowest BCUT2D eigenvalue weighted by Crippen LogP contribution is -2.25. The van der Waals surface area contributed by atoms with Gasteiger partial charge in [0.05, 0.1) is 18.4 Å². The van der Waals surface area contributed by atoms with Crippen LogP contribution in [0.5, 0.6) is 0 Å². The molecule has 3 aromatic carbocycles. The molecule has 1 aliphatic rings. The van der Waals surface area contributed by atoms with Crippen molar-refractivity contribution in [2.75, 3.05) is 6.54 Å². The highest BCUT2D eigenvalue weighted by molar-refractivity contribution is 6.04. The normalized spacial score (nSPS) is 20.3. The van der Waals surface area contributed by atoms with Gasteiger partial charge in [0.1, 0.15) is 5.66 Å². The van der Waals surface area contributed by atoms with E-state index in [1.165, 1.54) is 11.1 Å². The lowest BCUT2D eigenvalue weighted by Gasteiger charge is -2.19. The zero-order valence-corrected chi connectivity index (χ0v) is 15.5. The minimum absolute atomic E-state index is 0.115. The van der Waals surface area contributed by atoms with E-state index in [1.54, 1.807) is 0 Å². The van der Waals surface area contributed by atoms with Gasteiger partial charge in [0.15, 0.2) is 0 Å². The number of aliphatic imine (C=N–C) groups is 1. The van der Waals surface area contributed by atoms with Crippen LogP contribution in [-0.4, -0.2) is 18.4 Å². The highest BCUT2D eigenvalue weighted by Gasteiger charge is 2.44. The fourth-order valence-corrected chi connectivity index (χ4v) is 3.22. The van der Waals surface area contributed by atoms with Gasteiger partial charge in [0.2, 0.25) is 0 Å². The van der Waals surface area contributed by atoms with Gasteiger partial charge < -0.3 is 4.74 Å².